The van der Waals surface area contributed by atoms with Gasteiger partial charge in [-0.1, -0.05) is 12.1 Å². The number of aromatic nitrogens is 2. The first-order valence-electron chi connectivity index (χ1n) is 6.06. The highest BCUT2D eigenvalue weighted by molar-refractivity contribution is 9.10. The minimum Gasteiger partial charge on any atom is -0.378 e. The summed E-state index contributed by atoms with van der Waals surface area (Å²) in [5, 5.41) is 0. The first kappa shape index (κ1) is 12.2. The highest BCUT2D eigenvalue weighted by Gasteiger charge is 2.06. The molecule has 0 N–H and O–H groups in total. The van der Waals surface area contributed by atoms with Gasteiger partial charge in [-0.25, -0.2) is 4.98 Å². The smallest absolute Gasteiger partial charge is 0.151 e. The maximum absolute atomic E-state index is 4.66. The monoisotopic (exact) mass is 315 g/mol. The lowest BCUT2D eigenvalue weighted by atomic mass is 10.1. The molecule has 0 fully saturated rings. The summed E-state index contributed by atoms with van der Waals surface area (Å²) in [6.07, 6.45) is 4.05. The molecule has 2 aromatic heterocycles. The van der Waals surface area contributed by atoms with Crippen LogP contribution >= 0.6 is 15.9 Å². The maximum atomic E-state index is 4.66. The van der Waals surface area contributed by atoms with Gasteiger partial charge < -0.3 is 9.30 Å². The summed E-state index contributed by atoms with van der Waals surface area (Å²) in [6, 6.07) is 12.4. The highest BCUT2D eigenvalue weighted by Crippen LogP contribution is 2.24. The predicted molar refractivity (Wildman–Crippen MR) is 82.7 cm³/mol. The molecule has 2 heterocycles. The van der Waals surface area contributed by atoms with Crippen LogP contribution in [0.4, 0.5) is 5.69 Å². The van der Waals surface area contributed by atoms with Gasteiger partial charge in [0.2, 0.25) is 0 Å². The zero-order valence-corrected chi connectivity index (χ0v) is 12.4. The van der Waals surface area contributed by atoms with Gasteiger partial charge in [-0.15, -0.1) is 0 Å². The van der Waals surface area contributed by atoms with Crippen molar-refractivity contribution in [1.82, 2.24) is 9.38 Å². The van der Waals surface area contributed by atoms with Crippen LogP contribution in [0.15, 0.2) is 53.3 Å². The van der Waals surface area contributed by atoms with E-state index in [1.807, 2.05) is 43.0 Å². The van der Waals surface area contributed by atoms with Gasteiger partial charge in [0.25, 0.3) is 0 Å². The lowest BCUT2D eigenvalue weighted by Crippen LogP contribution is -2.07. The normalized spacial score (nSPS) is 10.9. The summed E-state index contributed by atoms with van der Waals surface area (Å²) in [6.45, 7) is 0. The third kappa shape index (κ3) is 2.24. The minimum absolute atomic E-state index is 0.939. The van der Waals surface area contributed by atoms with Crippen molar-refractivity contribution in [1.29, 1.82) is 0 Å². The summed E-state index contributed by atoms with van der Waals surface area (Å²) in [5.74, 6) is 0. The Balaban J connectivity index is 2.06. The van der Waals surface area contributed by atoms with Crippen LogP contribution in [0.5, 0.6) is 0 Å². The van der Waals surface area contributed by atoms with Crippen molar-refractivity contribution in [3.05, 3.63) is 53.3 Å². The van der Waals surface area contributed by atoms with E-state index in [-0.39, 0.29) is 0 Å². The number of hydrogen-bond acceptors (Lipinski definition) is 2. The summed E-state index contributed by atoms with van der Waals surface area (Å²) in [4.78, 5) is 6.75. The summed E-state index contributed by atoms with van der Waals surface area (Å²) >= 11 is 3.52. The maximum Gasteiger partial charge on any atom is 0.151 e. The first-order chi connectivity index (χ1) is 9.15. The zero-order valence-electron chi connectivity index (χ0n) is 10.8. The molecule has 0 spiro atoms. The number of hydrogen-bond donors (Lipinski definition) is 0. The number of anilines is 1. The van der Waals surface area contributed by atoms with Crippen molar-refractivity contribution < 1.29 is 0 Å². The third-order valence-corrected chi connectivity index (χ3v) is 3.73. The van der Waals surface area contributed by atoms with E-state index in [4.69, 9.17) is 0 Å². The van der Waals surface area contributed by atoms with Crippen molar-refractivity contribution in [3.63, 3.8) is 0 Å². The van der Waals surface area contributed by atoms with Crippen LogP contribution < -0.4 is 4.90 Å². The van der Waals surface area contributed by atoms with Crippen LogP contribution in [0.25, 0.3) is 16.9 Å². The Morgan fingerprint density at radius 2 is 1.84 bits per heavy atom. The molecule has 0 radical (unpaired) electrons. The van der Waals surface area contributed by atoms with Crippen molar-refractivity contribution in [2.24, 2.45) is 0 Å². The highest BCUT2D eigenvalue weighted by atomic mass is 79.9. The van der Waals surface area contributed by atoms with E-state index in [1.165, 1.54) is 5.69 Å². The molecule has 0 aliphatic carbocycles. The Kier molecular flexibility index (Phi) is 3.03. The van der Waals surface area contributed by atoms with Gasteiger partial charge >= 0.3 is 0 Å². The molecule has 0 unspecified atom stereocenters. The standard InChI is InChI=1S/C15H14BrN3/c1-18(2)12-7-5-11(6-8-12)14-10-19-9-3-4-13(16)15(19)17-14/h3-10H,1-2H3. The molecular weight excluding hydrogens is 302 g/mol. The van der Waals surface area contributed by atoms with E-state index in [9.17, 15) is 0 Å². The van der Waals surface area contributed by atoms with Crippen LogP contribution in [0, 0.1) is 0 Å². The van der Waals surface area contributed by atoms with Crippen LogP contribution in [-0.2, 0) is 0 Å². The number of nitrogens with zero attached hydrogens (tertiary/aromatic N) is 3. The van der Waals surface area contributed by atoms with Gasteiger partial charge in [0.1, 0.15) is 0 Å². The Morgan fingerprint density at radius 1 is 1.11 bits per heavy atom. The van der Waals surface area contributed by atoms with E-state index in [2.05, 4.69) is 50.1 Å². The fourth-order valence-corrected chi connectivity index (χ4v) is 2.49. The Morgan fingerprint density at radius 3 is 2.47 bits per heavy atom. The molecule has 0 amide bonds. The summed E-state index contributed by atoms with van der Waals surface area (Å²) in [7, 11) is 4.08. The molecular formula is C15H14BrN3. The molecule has 0 saturated heterocycles. The second kappa shape index (κ2) is 4.70. The van der Waals surface area contributed by atoms with Gasteiger partial charge in [0, 0.05) is 37.7 Å². The van der Waals surface area contributed by atoms with Crippen LogP contribution in [0.3, 0.4) is 0 Å². The summed E-state index contributed by atoms with van der Waals surface area (Å²) < 4.78 is 3.03. The molecule has 3 aromatic rings. The summed E-state index contributed by atoms with van der Waals surface area (Å²) in [5.41, 5.74) is 4.24. The van der Waals surface area contributed by atoms with Crippen molar-refractivity contribution in [3.8, 4) is 11.3 Å². The second-order valence-corrected chi connectivity index (χ2v) is 5.51. The van der Waals surface area contributed by atoms with E-state index in [0.29, 0.717) is 0 Å². The van der Waals surface area contributed by atoms with E-state index in [1.54, 1.807) is 0 Å². The molecule has 1 aromatic carbocycles. The predicted octanol–water partition coefficient (Wildman–Crippen LogP) is 3.83. The molecule has 0 atom stereocenters. The Labute approximate surface area is 120 Å². The molecule has 3 rings (SSSR count). The fraction of sp³-hybridized carbons (Fsp3) is 0.133. The SMILES string of the molecule is CN(C)c1ccc(-c2cn3cccc(Br)c3n2)cc1. The van der Waals surface area contributed by atoms with Gasteiger partial charge in [0.15, 0.2) is 5.65 Å². The lowest BCUT2D eigenvalue weighted by Gasteiger charge is -2.12. The molecule has 19 heavy (non-hydrogen) atoms. The van der Waals surface area contributed by atoms with Gasteiger partial charge in [-0.05, 0) is 40.2 Å². The zero-order chi connectivity index (χ0) is 13.4. The fourth-order valence-electron chi connectivity index (χ4n) is 2.05. The minimum atomic E-state index is 0.939. The first-order valence-corrected chi connectivity index (χ1v) is 6.85. The topological polar surface area (TPSA) is 20.5 Å². The van der Waals surface area contributed by atoms with Gasteiger partial charge in [-0.2, -0.15) is 0 Å². The second-order valence-electron chi connectivity index (χ2n) is 4.65. The molecule has 3 nitrogen and oxygen atoms in total. The van der Waals surface area contributed by atoms with Crippen LogP contribution in [0.1, 0.15) is 0 Å². The van der Waals surface area contributed by atoms with E-state index >= 15 is 0 Å². The van der Waals surface area contributed by atoms with Crippen molar-refractivity contribution >= 4 is 27.3 Å². The molecule has 4 heteroatoms. The molecule has 0 saturated carbocycles. The largest absolute Gasteiger partial charge is 0.378 e. The average molecular weight is 316 g/mol. The number of rotatable bonds is 2. The number of halogens is 1. The number of benzene rings is 1. The number of pyridine rings is 1. The Hall–Kier alpha value is -1.81. The number of fused-ring (bicyclic) bond motifs is 1. The molecule has 0 bridgehead atoms. The van der Waals surface area contributed by atoms with E-state index < -0.39 is 0 Å². The van der Waals surface area contributed by atoms with Gasteiger partial charge in [-0.3, -0.25) is 0 Å². The molecule has 0 aliphatic rings. The quantitative estimate of drug-likeness (QED) is 0.716. The molecule has 96 valence electrons. The Bertz CT molecular complexity index is 714. The third-order valence-electron chi connectivity index (χ3n) is 3.11. The molecule has 0 aliphatic heterocycles. The van der Waals surface area contributed by atoms with Crippen molar-refractivity contribution in [2.45, 2.75) is 0 Å². The van der Waals surface area contributed by atoms with Crippen LogP contribution in [-0.4, -0.2) is 23.5 Å². The van der Waals surface area contributed by atoms with Crippen molar-refractivity contribution in [2.75, 3.05) is 19.0 Å². The lowest BCUT2D eigenvalue weighted by molar-refractivity contribution is 1.13. The van der Waals surface area contributed by atoms with E-state index in [0.717, 1.165) is 21.4 Å². The van der Waals surface area contributed by atoms with Crippen LogP contribution in [0.2, 0.25) is 0 Å². The number of imidazole rings is 1. The average Bonchev–Trinajstić information content (AvgIpc) is 2.84. The van der Waals surface area contributed by atoms with Gasteiger partial charge in [0.05, 0.1) is 10.2 Å².